The van der Waals surface area contributed by atoms with Gasteiger partial charge in [0.05, 0.1) is 19.2 Å². The fourth-order valence-corrected chi connectivity index (χ4v) is 3.19. The van der Waals surface area contributed by atoms with Crippen molar-refractivity contribution in [2.75, 3.05) is 7.11 Å². The zero-order chi connectivity index (χ0) is 19.6. The van der Waals surface area contributed by atoms with E-state index in [4.69, 9.17) is 4.74 Å². The lowest BCUT2D eigenvalue weighted by atomic mass is 9.88. The number of fused-ring (bicyclic) bond motifs is 1. The van der Waals surface area contributed by atoms with Gasteiger partial charge in [-0.05, 0) is 18.2 Å². The summed E-state index contributed by atoms with van der Waals surface area (Å²) in [6.45, 7) is 5.94. The number of ketones is 1. The number of hydrogen-bond donors (Lipinski definition) is 1. The molecule has 1 N–H and O–H groups in total. The summed E-state index contributed by atoms with van der Waals surface area (Å²) in [6.07, 6.45) is 1.70. The van der Waals surface area contributed by atoms with Gasteiger partial charge in [-0.1, -0.05) is 20.8 Å². The van der Waals surface area contributed by atoms with Crippen molar-refractivity contribution in [1.82, 2.24) is 20.1 Å². The van der Waals surface area contributed by atoms with Gasteiger partial charge >= 0.3 is 0 Å². The van der Waals surface area contributed by atoms with Crippen molar-refractivity contribution < 1.29 is 14.3 Å². The second kappa shape index (κ2) is 7.48. The zero-order valence-corrected chi connectivity index (χ0v) is 16.6. The lowest BCUT2D eigenvalue weighted by Gasteiger charge is -2.14. The van der Waals surface area contributed by atoms with Crippen LogP contribution in [0.2, 0.25) is 0 Å². The van der Waals surface area contributed by atoms with Crippen molar-refractivity contribution in [3.05, 3.63) is 40.5 Å². The van der Waals surface area contributed by atoms with Crippen LogP contribution in [0, 0.1) is 5.41 Å². The lowest BCUT2D eigenvalue weighted by Crippen LogP contribution is -2.28. The summed E-state index contributed by atoms with van der Waals surface area (Å²) in [7, 11) is 1.57. The summed E-state index contributed by atoms with van der Waals surface area (Å²) in [5.41, 5.74) is 0.486. The molecule has 27 heavy (non-hydrogen) atoms. The number of ether oxygens (including phenoxy) is 1. The molecule has 0 spiro atoms. The molecule has 1 amide bonds. The molecule has 0 saturated carbocycles. The Bertz CT molecular complexity index is 971. The van der Waals surface area contributed by atoms with Crippen LogP contribution in [0.1, 0.15) is 36.3 Å². The van der Waals surface area contributed by atoms with E-state index in [1.807, 2.05) is 32.2 Å². The summed E-state index contributed by atoms with van der Waals surface area (Å²) in [5, 5.41) is 10.7. The van der Waals surface area contributed by atoms with Crippen LogP contribution in [0.4, 0.5) is 0 Å². The van der Waals surface area contributed by atoms with Crippen LogP contribution in [-0.4, -0.2) is 33.6 Å². The van der Waals surface area contributed by atoms with E-state index in [-0.39, 0.29) is 18.2 Å². The normalized spacial score (nSPS) is 11.6. The third-order valence-electron chi connectivity index (χ3n) is 4.07. The van der Waals surface area contributed by atoms with Gasteiger partial charge in [0.25, 0.3) is 0 Å². The molecule has 0 aliphatic carbocycles. The van der Waals surface area contributed by atoms with Gasteiger partial charge in [-0.2, -0.15) is 5.10 Å². The first-order valence-electron chi connectivity index (χ1n) is 8.54. The molecule has 0 aliphatic heterocycles. The predicted octanol–water partition coefficient (Wildman–Crippen LogP) is 3.05. The maximum atomic E-state index is 12.8. The highest BCUT2D eigenvalue weighted by Crippen LogP contribution is 2.29. The minimum atomic E-state index is -0.581. The van der Waals surface area contributed by atoms with Gasteiger partial charge in [0.15, 0.2) is 5.78 Å². The number of thiazole rings is 1. The van der Waals surface area contributed by atoms with E-state index >= 15 is 0 Å². The highest BCUT2D eigenvalue weighted by molar-refractivity contribution is 7.09. The SMILES string of the molecule is COc1ccc2c(c1)c(C(=O)C(C)(C)C)nn2CC(=O)NCc1nccs1. The second-order valence-corrected chi connectivity index (χ2v) is 8.15. The number of hydrogen-bond acceptors (Lipinski definition) is 6. The number of aromatic nitrogens is 3. The van der Waals surface area contributed by atoms with E-state index < -0.39 is 5.41 Å². The predicted molar refractivity (Wildman–Crippen MR) is 104 cm³/mol. The Balaban J connectivity index is 1.90. The number of amides is 1. The van der Waals surface area contributed by atoms with Crippen LogP contribution in [-0.2, 0) is 17.9 Å². The maximum Gasteiger partial charge on any atom is 0.242 e. The molecule has 0 unspecified atom stereocenters. The number of methoxy groups -OCH3 is 1. The Labute approximate surface area is 161 Å². The fraction of sp³-hybridized carbons (Fsp3) is 0.368. The maximum absolute atomic E-state index is 12.8. The number of nitrogens with zero attached hydrogens (tertiary/aromatic N) is 3. The van der Waals surface area contributed by atoms with Crippen molar-refractivity contribution >= 4 is 33.9 Å². The molecular formula is C19H22N4O3S. The number of Topliss-reactive ketones (excluding diaryl/α,β-unsaturated/α-hetero) is 1. The Morgan fingerprint density at radius 1 is 1.30 bits per heavy atom. The second-order valence-electron chi connectivity index (χ2n) is 7.17. The first-order chi connectivity index (χ1) is 12.8. The van der Waals surface area contributed by atoms with Gasteiger partial charge < -0.3 is 10.1 Å². The first kappa shape index (κ1) is 19.0. The number of benzene rings is 1. The average Bonchev–Trinajstić information content (AvgIpc) is 3.26. The quantitative estimate of drug-likeness (QED) is 0.658. The smallest absolute Gasteiger partial charge is 0.242 e. The van der Waals surface area contributed by atoms with Crippen LogP contribution >= 0.6 is 11.3 Å². The molecule has 1 aromatic carbocycles. The molecule has 7 nitrogen and oxygen atoms in total. The average molecular weight is 386 g/mol. The number of carbonyl (C=O) groups excluding carboxylic acids is 2. The third kappa shape index (κ3) is 4.16. The highest BCUT2D eigenvalue weighted by atomic mass is 32.1. The number of nitrogens with one attached hydrogen (secondary N) is 1. The molecule has 0 atom stereocenters. The first-order valence-corrected chi connectivity index (χ1v) is 9.42. The van der Waals surface area contributed by atoms with Crippen LogP contribution in [0.5, 0.6) is 5.75 Å². The summed E-state index contributed by atoms with van der Waals surface area (Å²) in [4.78, 5) is 29.3. The molecule has 2 heterocycles. The largest absolute Gasteiger partial charge is 0.497 e. The van der Waals surface area contributed by atoms with Gasteiger partial charge in [0.1, 0.15) is 23.0 Å². The Kier molecular flexibility index (Phi) is 5.27. The molecule has 0 radical (unpaired) electrons. The third-order valence-corrected chi connectivity index (χ3v) is 4.85. The zero-order valence-electron chi connectivity index (χ0n) is 15.8. The Morgan fingerprint density at radius 2 is 2.07 bits per heavy atom. The standard InChI is InChI=1S/C19H22N4O3S/c1-19(2,3)18(25)17-13-9-12(26-4)5-6-14(13)23(22-17)11-15(24)21-10-16-20-7-8-27-16/h5-9H,10-11H2,1-4H3,(H,21,24). The van der Waals surface area contributed by atoms with Crippen molar-refractivity contribution in [2.45, 2.75) is 33.9 Å². The molecule has 0 aliphatic rings. The van der Waals surface area contributed by atoms with E-state index in [1.54, 1.807) is 30.1 Å². The van der Waals surface area contributed by atoms with E-state index in [2.05, 4.69) is 15.4 Å². The minimum absolute atomic E-state index is 0.0195. The summed E-state index contributed by atoms with van der Waals surface area (Å²) in [5.74, 6) is 0.362. The molecule has 2 aromatic heterocycles. The monoisotopic (exact) mass is 386 g/mol. The van der Waals surface area contributed by atoms with Gasteiger partial charge in [-0.25, -0.2) is 4.98 Å². The molecule has 0 bridgehead atoms. The van der Waals surface area contributed by atoms with Crippen molar-refractivity contribution in [3.63, 3.8) is 0 Å². The Morgan fingerprint density at radius 3 is 2.70 bits per heavy atom. The molecule has 8 heteroatoms. The topological polar surface area (TPSA) is 86.1 Å². The van der Waals surface area contributed by atoms with Crippen molar-refractivity contribution in [2.24, 2.45) is 5.41 Å². The van der Waals surface area contributed by atoms with Gasteiger partial charge in [-0.15, -0.1) is 11.3 Å². The van der Waals surface area contributed by atoms with E-state index in [9.17, 15) is 9.59 Å². The van der Waals surface area contributed by atoms with Crippen molar-refractivity contribution in [3.8, 4) is 5.75 Å². The molecule has 3 rings (SSSR count). The molecule has 0 saturated heterocycles. The van der Waals surface area contributed by atoms with E-state index in [1.165, 1.54) is 11.3 Å². The fourth-order valence-electron chi connectivity index (χ4n) is 2.64. The van der Waals surface area contributed by atoms with Gasteiger partial charge in [0.2, 0.25) is 5.91 Å². The lowest BCUT2D eigenvalue weighted by molar-refractivity contribution is -0.121. The summed E-state index contributed by atoms with van der Waals surface area (Å²) in [6, 6.07) is 5.39. The molecular weight excluding hydrogens is 364 g/mol. The van der Waals surface area contributed by atoms with Crippen LogP contribution in [0.25, 0.3) is 10.9 Å². The van der Waals surface area contributed by atoms with Crippen LogP contribution in [0.15, 0.2) is 29.8 Å². The molecule has 3 aromatic rings. The summed E-state index contributed by atoms with van der Waals surface area (Å²) < 4.78 is 6.84. The highest BCUT2D eigenvalue weighted by Gasteiger charge is 2.28. The number of carbonyl (C=O) groups is 2. The van der Waals surface area contributed by atoms with Crippen LogP contribution in [0.3, 0.4) is 0 Å². The minimum Gasteiger partial charge on any atom is -0.497 e. The van der Waals surface area contributed by atoms with E-state index in [0.29, 0.717) is 28.9 Å². The van der Waals surface area contributed by atoms with E-state index in [0.717, 1.165) is 5.01 Å². The van der Waals surface area contributed by atoms with Crippen molar-refractivity contribution in [1.29, 1.82) is 0 Å². The molecule has 142 valence electrons. The number of rotatable bonds is 6. The van der Waals surface area contributed by atoms with Gasteiger partial charge in [-0.3, -0.25) is 14.3 Å². The van der Waals surface area contributed by atoms with Gasteiger partial charge in [0, 0.05) is 22.4 Å². The van der Waals surface area contributed by atoms with Crippen LogP contribution < -0.4 is 10.1 Å². The Hall–Kier alpha value is -2.74. The molecule has 0 fully saturated rings. The summed E-state index contributed by atoms with van der Waals surface area (Å²) >= 11 is 1.48.